The molecule has 0 aromatic rings. The van der Waals surface area contributed by atoms with Crippen LogP contribution in [0.5, 0.6) is 0 Å². The summed E-state index contributed by atoms with van der Waals surface area (Å²) < 4.78 is 6.77. The van der Waals surface area contributed by atoms with Crippen LogP contribution in [0.25, 0.3) is 0 Å². The topological polar surface area (TPSA) is 125 Å². The van der Waals surface area contributed by atoms with Crippen molar-refractivity contribution in [2.45, 2.75) is 183 Å². The maximum atomic E-state index is 12.2. The number of carbonyl (C=O) groups excluding carboxylic acids is 4. The van der Waals surface area contributed by atoms with Gasteiger partial charge in [0.05, 0.1) is 48.9 Å². The number of hydrogen-bond acceptors (Lipinski definition) is 6. The van der Waals surface area contributed by atoms with Gasteiger partial charge in [0.25, 0.3) is 0 Å². The minimum atomic E-state index is -0.450. The first-order chi connectivity index (χ1) is 27.9. The van der Waals surface area contributed by atoms with Crippen molar-refractivity contribution in [3.63, 3.8) is 0 Å². The van der Waals surface area contributed by atoms with Gasteiger partial charge in [0.1, 0.15) is 36.9 Å². The Morgan fingerprint density at radius 3 is 1.45 bits per heavy atom. The number of aliphatic hydroxyl groups is 1. The number of amides is 2. The predicted molar refractivity (Wildman–Crippen MR) is 253 cm³/mol. The van der Waals surface area contributed by atoms with Crippen LogP contribution in [-0.2, 0) is 23.9 Å². The molecule has 0 aromatic heterocycles. The van der Waals surface area contributed by atoms with Gasteiger partial charge >= 0.3 is 0 Å². The van der Waals surface area contributed by atoms with E-state index >= 15 is 0 Å². The lowest BCUT2D eigenvalue weighted by Crippen LogP contribution is -3.00. The van der Waals surface area contributed by atoms with Crippen molar-refractivity contribution in [1.82, 2.24) is 10.6 Å². The summed E-state index contributed by atoms with van der Waals surface area (Å²) in [5, 5.41) is 16.4. The van der Waals surface area contributed by atoms with E-state index in [4.69, 9.17) is 4.74 Å². The van der Waals surface area contributed by atoms with E-state index in [1.165, 1.54) is 64.2 Å². The number of allylic oxidation sites excluding steroid dienone is 1. The number of nitrogens with zero attached hydrogens (tertiary/aromatic N) is 2. The minimum Gasteiger partial charge on any atom is -1.00 e. The molecule has 1 aliphatic rings. The van der Waals surface area contributed by atoms with Crippen molar-refractivity contribution >= 4 is 23.4 Å². The summed E-state index contributed by atoms with van der Waals surface area (Å²) in [5.41, 5.74) is 0. The molecule has 3 atom stereocenters. The third-order valence-corrected chi connectivity index (χ3v) is 10.4. The highest BCUT2D eigenvalue weighted by Crippen LogP contribution is 2.22. The lowest BCUT2D eigenvalue weighted by atomic mass is 9.88. The van der Waals surface area contributed by atoms with E-state index in [1.807, 2.05) is 27.7 Å². The average Bonchev–Trinajstić information content (AvgIpc) is 3.93. The fourth-order valence-electron chi connectivity index (χ4n) is 6.69. The fourth-order valence-corrected chi connectivity index (χ4v) is 6.69. The minimum absolute atomic E-state index is 0. The molecule has 12 heteroatoms. The van der Waals surface area contributed by atoms with Gasteiger partial charge in [0.15, 0.2) is 0 Å². The Balaban J connectivity index is -0.000000458. The van der Waals surface area contributed by atoms with Crippen LogP contribution in [0.15, 0.2) is 12.2 Å². The van der Waals surface area contributed by atoms with E-state index < -0.39 is 6.10 Å². The van der Waals surface area contributed by atoms with Gasteiger partial charge in [-0.05, 0) is 43.4 Å². The van der Waals surface area contributed by atoms with Gasteiger partial charge in [-0.3, -0.25) is 19.2 Å². The largest absolute Gasteiger partial charge is 1.00 e. The second-order valence-electron chi connectivity index (χ2n) is 21.1. The van der Waals surface area contributed by atoms with Crippen LogP contribution in [0.3, 0.4) is 0 Å². The zero-order chi connectivity index (χ0) is 46.1. The van der Waals surface area contributed by atoms with Gasteiger partial charge < -0.3 is 54.3 Å². The monoisotopic (exact) mass is 923 g/mol. The standard InChI is InChI=1S/C25H50N2O3.C19H35NO2.C6H14NO.2ClH/c1-20(2)13-11-9-8-10-12-16-26-25(30)15-14-22(18-24(29)21(3)4)17-23(28)19-27(5,6)7;1-16(2)12-8-6-5-7-11-15-20-19(22)14-10-9-13-18(21)17(3)4;1-7(2,3)4-6-5-8-6;;/h20-23,28H,8-19H2,1-7H3;9-10,16-17H,5-8,11-15H2,1-4H3,(H,20,22);6H,4-5H2,1-3H3;2*1H/q;;+1;;/p-1/b;10-9+;;;. The van der Waals surface area contributed by atoms with Gasteiger partial charge in [0, 0.05) is 50.6 Å². The third kappa shape index (κ3) is 51.1. The first-order valence-corrected chi connectivity index (χ1v) is 24.1. The third-order valence-electron chi connectivity index (χ3n) is 10.4. The first-order valence-electron chi connectivity index (χ1n) is 24.1. The molecule has 3 unspecified atom stereocenters. The van der Waals surface area contributed by atoms with Crippen LogP contribution in [0.2, 0.25) is 0 Å². The SMILES string of the molecule is CC(C)CCCCCCCNC(=O)C/C=C/CC(=O)C(C)C.CC(C)CCCCCCCNC(=O)CCC(CC(=O)C(C)C)CC(O)C[N+](C)(C)C.C[N+](C)(C)CC1CO1.[Cl-].[Cl-]. The lowest BCUT2D eigenvalue weighted by molar-refractivity contribution is -0.873. The Bertz CT molecular complexity index is 1150. The maximum Gasteiger partial charge on any atom is 0.223 e. The summed E-state index contributed by atoms with van der Waals surface area (Å²) in [6.07, 6.45) is 21.4. The van der Waals surface area contributed by atoms with Crippen molar-refractivity contribution in [2.24, 2.45) is 29.6 Å². The van der Waals surface area contributed by atoms with Crippen molar-refractivity contribution in [3.05, 3.63) is 12.2 Å². The number of quaternary nitrogens is 2. The average molecular weight is 924 g/mol. The van der Waals surface area contributed by atoms with Gasteiger partial charge in [-0.25, -0.2) is 0 Å². The first kappa shape index (κ1) is 67.0. The number of carbonyl (C=O) groups is 4. The Morgan fingerprint density at radius 2 is 1.05 bits per heavy atom. The van der Waals surface area contributed by atoms with Crippen LogP contribution in [0.4, 0.5) is 0 Å². The normalized spacial score (nSPS) is 14.6. The highest BCUT2D eigenvalue weighted by Gasteiger charge is 2.29. The van der Waals surface area contributed by atoms with Crippen LogP contribution >= 0.6 is 0 Å². The van der Waals surface area contributed by atoms with Crippen LogP contribution < -0.4 is 35.4 Å². The number of aliphatic hydroxyl groups excluding tert-OH is 1. The van der Waals surface area contributed by atoms with Gasteiger partial charge in [0.2, 0.25) is 11.8 Å². The number of halogens is 2. The molecule has 0 saturated carbocycles. The highest BCUT2D eigenvalue weighted by molar-refractivity contribution is 5.82. The van der Waals surface area contributed by atoms with Crippen molar-refractivity contribution in [2.75, 3.05) is 75.1 Å². The van der Waals surface area contributed by atoms with Crippen molar-refractivity contribution < 1.29 is 62.8 Å². The molecule has 370 valence electrons. The summed E-state index contributed by atoms with van der Waals surface area (Å²) in [4.78, 5) is 47.4. The summed E-state index contributed by atoms with van der Waals surface area (Å²) in [5.74, 6) is 2.28. The molecule has 3 N–H and O–H groups in total. The molecule has 1 aliphatic heterocycles. The molecule has 0 aromatic carbocycles. The fraction of sp³-hybridized carbons (Fsp3) is 0.880. The van der Waals surface area contributed by atoms with Gasteiger partial charge in [-0.1, -0.05) is 132 Å². The molecule has 1 rings (SSSR count). The molecule has 2 amide bonds. The molecule has 1 fully saturated rings. The zero-order valence-corrected chi connectivity index (χ0v) is 44.1. The molecule has 0 bridgehead atoms. The molecule has 0 aliphatic carbocycles. The Morgan fingerprint density at radius 1 is 0.613 bits per heavy atom. The molecular weight excluding hydrogens is 823 g/mol. The van der Waals surface area contributed by atoms with E-state index in [1.54, 1.807) is 12.2 Å². The Labute approximate surface area is 395 Å². The Kier molecular flexibility index (Phi) is 43.0. The number of hydrogen-bond donors (Lipinski definition) is 3. The zero-order valence-electron chi connectivity index (χ0n) is 42.6. The van der Waals surface area contributed by atoms with Crippen molar-refractivity contribution in [3.8, 4) is 0 Å². The molecule has 10 nitrogen and oxygen atoms in total. The number of unbranched alkanes of at least 4 members (excludes halogenated alkanes) is 8. The van der Waals surface area contributed by atoms with E-state index in [-0.39, 0.29) is 65.9 Å². The van der Waals surface area contributed by atoms with E-state index in [9.17, 15) is 24.3 Å². The molecule has 1 saturated heterocycles. The summed E-state index contributed by atoms with van der Waals surface area (Å²) >= 11 is 0. The molecule has 1 heterocycles. The molecule has 0 radical (unpaired) electrons. The lowest BCUT2D eigenvalue weighted by Gasteiger charge is -2.28. The highest BCUT2D eigenvalue weighted by atomic mass is 35.5. The van der Waals surface area contributed by atoms with E-state index in [2.05, 4.69) is 80.6 Å². The predicted octanol–water partition coefficient (Wildman–Crippen LogP) is 3.33. The molecular formula is C50H100Cl2N4O6. The number of rotatable bonds is 33. The molecule has 62 heavy (non-hydrogen) atoms. The quantitative estimate of drug-likeness (QED) is 0.0402. The summed E-state index contributed by atoms with van der Waals surface area (Å²) in [6, 6.07) is 0. The number of Topliss-reactive ketones (excluding diaryl/α,β-unsaturated/α-hetero) is 2. The van der Waals surface area contributed by atoms with Crippen LogP contribution in [-0.4, -0.2) is 125 Å². The number of ketones is 2. The van der Waals surface area contributed by atoms with E-state index in [0.29, 0.717) is 55.7 Å². The summed E-state index contributed by atoms with van der Waals surface area (Å²) in [6.45, 7) is 21.0. The number of epoxide rings is 1. The number of ether oxygens (including phenoxy) is 1. The number of nitrogens with one attached hydrogen (secondary N) is 2. The van der Waals surface area contributed by atoms with Gasteiger partial charge in [-0.2, -0.15) is 0 Å². The smallest absolute Gasteiger partial charge is 0.223 e. The van der Waals surface area contributed by atoms with Gasteiger partial charge in [-0.15, -0.1) is 0 Å². The summed E-state index contributed by atoms with van der Waals surface area (Å²) in [7, 11) is 12.7. The second-order valence-corrected chi connectivity index (χ2v) is 21.1. The van der Waals surface area contributed by atoms with Crippen molar-refractivity contribution in [1.29, 1.82) is 0 Å². The van der Waals surface area contributed by atoms with Crippen LogP contribution in [0, 0.1) is 29.6 Å². The number of likely N-dealkylation sites (N-methyl/N-ethyl adjacent to an activating group) is 2. The van der Waals surface area contributed by atoms with Crippen LogP contribution in [0.1, 0.15) is 171 Å². The second kappa shape index (κ2) is 39.8. The molecule has 0 spiro atoms. The Hall–Kier alpha value is -1.56. The maximum absolute atomic E-state index is 12.2. The van der Waals surface area contributed by atoms with E-state index in [0.717, 1.165) is 55.4 Å².